The lowest BCUT2D eigenvalue weighted by molar-refractivity contribution is 0.173. The third-order valence-electron chi connectivity index (χ3n) is 5.76. The van der Waals surface area contributed by atoms with Crippen LogP contribution in [0.3, 0.4) is 0 Å². The molecule has 2 amide bonds. The monoisotopic (exact) mass is 402 g/mol. The maximum atomic E-state index is 12.3. The van der Waals surface area contributed by atoms with Gasteiger partial charge in [0.15, 0.2) is 0 Å². The molecule has 0 radical (unpaired) electrons. The van der Waals surface area contributed by atoms with Crippen LogP contribution in [0.25, 0.3) is 0 Å². The maximum Gasteiger partial charge on any atom is 0.429 e. The number of carbonyl (C=O) groups is 2. The van der Waals surface area contributed by atoms with Crippen molar-refractivity contribution in [2.75, 3.05) is 37.7 Å². The van der Waals surface area contributed by atoms with Crippen molar-refractivity contribution in [1.82, 2.24) is 9.80 Å². The van der Waals surface area contributed by atoms with E-state index in [1.54, 1.807) is 9.80 Å². The van der Waals surface area contributed by atoms with Gasteiger partial charge < -0.3 is 9.11 Å². The zero-order chi connectivity index (χ0) is 18.7. The Morgan fingerprint density at radius 1 is 1.04 bits per heavy atom. The number of rotatable bonds is 8. The number of likely N-dealkylation sites (tertiary alicyclic amines) is 1. The molecule has 3 aliphatic rings. The van der Waals surface area contributed by atoms with Crippen LogP contribution in [-0.4, -0.2) is 67.1 Å². The highest BCUT2D eigenvalue weighted by molar-refractivity contribution is 8.06. The van der Waals surface area contributed by atoms with Crippen molar-refractivity contribution in [2.24, 2.45) is 17.8 Å². The fraction of sp³-hybridized carbons (Fsp3) is 0.889. The average Bonchev–Trinajstić information content (AvgIpc) is 3.34. The molecular weight excluding hydrogens is 372 g/mol. The van der Waals surface area contributed by atoms with Crippen molar-refractivity contribution in [1.29, 1.82) is 0 Å². The Morgan fingerprint density at radius 2 is 1.69 bits per heavy atom. The van der Waals surface area contributed by atoms with Crippen LogP contribution in [0.5, 0.6) is 0 Å². The molecule has 0 spiro atoms. The maximum absolute atomic E-state index is 12.3. The number of hydrogen-bond donors (Lipinski definition) is 0. The van der Waals surface area contributed by atoms with Gasteiger partial charge in [0.25, 0.3) is 0 Å². The summed E-state index contributed by atoms with van der Waals surface area (Å²) in [4.78, 5) is 27.6. The third-order valence-corrected chi connectivity index (χ3v) is 8.60. The van der Waals surface area contributed by atoms with Crippen LogP contribution in [0, 0.1) is 17.8 Å². The zero-order valence-electron chi connectivity index (χ0n) is 15.6. The molecule has 0 N–H and O–H groups in total. The van der Waals surface area contributed by atoms with E-state index >= 15 is 0 Å². The minimum absolute atomic E-state index is 0.194. The Balaban J connectivity index is 1.31. The lowest BCUT2D eigenvalue weighted by Gasteiger charge is -2.37. The molecule has 2 aliphatic carbocycles. The van der Waals surface area contributed by atoms with Crippen LogP contribution in [0.15, 0.2) is 0 Å². The SMILES string of the molecule is CCN(CCC1CC(C[S+]([O-])C(=O)N2CCC2)C1)C(=O)[S+]([O-])CC1CC1. The third kappa shape index (κ3) is 5.30. The number of amides is 2. The van der Waals surface area contributed by atoms with Crippen LogP contribution in [0.4, 0.5) is 9.59 Å². The quantitative estimate of drug-likeness (QED) is 0.584. The van der Waals surface area contributed by atoms with E-state index in [9.17, 15) is 18.7 Å². The second-order valence-electron chi connectivity index (χ2n) is 7.91. The number of nitrogens with zero attached hydrogens (tertiary/aromatic N) is 2. The van der Waals surface area contributed by atoms with Gasteiger partial charge in [-0.3, -0.25) is 9.80 Å². The molecule has 1 saturated heterocycles. The summed E-state index contributed by atoms with van der Waals surface area (Å²) in [5, 5.41) is -0.405. The van der Waals surface area contributed by atoms with E-state index in [-0.39, 0.29) is 10.5 Å². The largest absolute Gasteiger partial charge is 0.608 e. The van der Waals surface area contributed by atoms with E-state index in [1.165, 1.54) is 0 Å². The molecule has 0 aromatic carbocycles. The van der Waals surface area contributed by atoms with E-state index in [4.69, 9.17) is 0 Å². The van der Waals surface area contributed by atoms with E-state index in [1.807, 2.05) is 6.92 Å². The van der Waals surface area contributed by atoms with E-state index in [0.29, 0.717) is 42.3 Å². The first-order valence-electron chi connectivity index (χ1n) is 9.82. The van der Waals surface area contributed by atoms with Crippen molar-refractivity contribution < 1.29 is 18.7 Å². The molecular formula is C18H30N2O4S2. The van der Waals surface area contributed by atoms with Gasteiger partial charge in [0.05, 0.1) is 0 Å². The summed E-state index contributed by atoms with van der Waals surface area (Å²) in [6, 6.07) is 0. The Kier molecular flexibility index (Phi) is 7.16. The molecule has 2 atom stereocenters. The summed E-state index contributed by atoms with van der Waals surface area (Å²) in [6.45, 7) is 4.68. The predicted octanol–water partition coefficient (Wildman–Crippen LogP) is 2.58. The van der Waals surface area contributed by atoms with Gasteiger partial charge >= 0.3 is 10.5 Å². The fourth-order valence-electron chi connectivity index (χ4n) is 3.60. The van der Waals surface area contributed by atoms with Gasteiger partial charge in [-0.05, 0) is 51.4 Å². The molecule has 6 nitrogen and oxygen atoms in total. The van der Waals surface area contributed by atoms with Crippen molar-refractivity contribution in [2.45, 2.75) is 45.4 Å². The molecule has 148 valence electrons. The van der Waals surface area contributed by atoms with Gasteiger partial charge in [0.1, 0.15) is 11.5 Å². The molecule has 2 unspecified atom stereocenters. The van der Waals surface area contributed by atoms with Crippen LogP contribution < -0.4 is 0 Å². The molecule has 0 aromatic rings. The Labute approximate surface area is 162 Å². The Morgan fingerprint density at radius 3 is 2.23 bits per heavy atom. The summed E-state index contributed by atoms with van der Waals surface area (Å²) in [7, 11) is 0. The summed E-state index contributed by atoms with van der Waals surface area (Å²) in [5.41, 5.74) is 0. The lowest BCUT2D eigenvalue weighted by Crippen LogP contribution is -2.46. The van der Waals surface area contributed by atoms with Crippen LogP contribution in [0.1, 0.15) is 45.4 Å². The smallest absolute Gasteiger partial charge is 0.429 e. The normalized spacial score (nSPS) is 27.3. The number of hydrogen-bond acceptors (Lipinski definition) is 4. The highest BCUT2D eigenvalue weighted by Gasteiger charge is 2.38. The molecule has 2 saturated carbocycles. The van der Waals surface area contributed by atoms with Crippen LogP contribution in [-0.2, 0) is 22.4 Å². The number of carbonyl (C=O) groups excluding carboxylic acids is 2. The summed E-state index contributed by atoms with van der Waals surface area (Å²) in [6.07, 6.45) is 6.11. The van der Waals surface area contributed by atoms with Crippen molar-refractivity contribution in [3.8, 4) is 0 Å². The van der Waals surface area contributed by atoms with Crippen LogP contribution in [0.2, 0.25) is 0 Å². The molecule has 3 rings (SSSR count). The first kappa shape index (κ1) is 20.3. The van der Waals surface area contributed by atoms with E-state index < -0.39 is 22.4 Å². The molecule has 3 fully saturated rings. The molecule has 26 heavy (non-hydrogen) atoms. The molecule has 0 bridgehead atoms. The topological polar surface area (TPSA) is 86.7 Å². The van der Waals surface area contributed by atoms with Crippen molar-refractivity contribution >= 4 is 32.8 Å². The van der Waals surface area contributed by atoms with Gasteiger partial charge in [-0.2, -0.15) is 0 Å². The Bertz CT molecular complexity index is 507. The molecule has 8 heteroatoms. The van der Waals surface area contributed by atoms with Gasteiger partial charge in [-0.15, -0.1) is 0 Å². The van der Waals surface area contributed by atoms with Crippen molar-refractivity contribution in [3.63, 3.8) is 0 Å². The highest BCUT2D eigenvalue weighted by Crippen LogP contribution is 2.37. The Hall–Kier alpha value is -0.440. The first-order chi connectivity index (χ1) is 12.5. The van der Waals surface area contributed by atoms with Gasteiger partial charge in [0.2, 0.25) is 0 Å². The molecule has 1 aliphatic heterocycles. The lowest BCUT2D eigenvalue weighted by atomic mass is 9.74. The standard InChI is InChI=1S/C18H30N2O4S2/c1-2-19(17(21)25(23)12-14-4-5-14)9-6-15-10-16(11-15)13-26(24)18(22)20-7-3-8-20/h14-16H,2-13H2,1H3. The van der Waals surface area contributed by atoms with E-state index in [0.717, 1.165) is 51.6 Å². The second-order valence-corrected chi connectivity index (χ2v) is 10.7. The summed E-state index contributed by atoms with van der Waals surface area (Å²) in [5.74, 6) is 2.38. The highest BCUT2D eigenvalue weighted by atomic mass is 32.2. The predicted molar refractivity (Wildman–Crippen MR) is 104 cm³/mol. The minimum atomic E-state index is -1.38. The van der Waals surface area contributed by atoms with Crippen molar-refractivity contribution in [3.05, 3.63) is 0 Å². The zero-order valence-corrected chi connectivity index (χ0v) is 17.2. The average molecular weight is 403 g/mol. The summed E-state index contributed by atoms with van der Waals surface area (Å²) < 4.78 is 24.2. The molecule has 0 aromatic heterocycles. The minimum Gasteiger partial charge on any atom is -0.608 e. The first-order valence-corrected chi connectivity index (χ1v) is 12.5. The molecule has 1 heterocycles. The van der Waals surface area contributed by atoms with Crippen LogP contribution >= 0.6 is 0 Å². The van der Waals surface area contributed by atoms with E-state index in [2.05, 4.69) is 0 Å². The van der Waals surface area contributed by atoms with Gasteiger partial charge in [-0.25, -0.2) is 9.59 Å². The van der Waals surface area contributed by atoms with Gasteiger partial charge in [-0.1, -0.05) is 0 Å². The van der Waals surface area contributed by atoms with Gasteiger partial charge in [0, 0.05) is 60.4 Å². The summed E-state index contributed by atoms with van der Waals surface area (Å²) >= 11 is -2.76. The fourth-order valence-corrected chi connectivity index (χ4v) is 6.33. The second kappa shape index (κ2) is 9.17.